The van der Waals surface area contributed by atoms with Crippen LogP contribution in [0.15, 0.2) is 54.7 Å². The maximum atomic E-state index is 13.7. The lowest BCUT2D eigenvalue weighted by Gasteiger charge is -2.22. The average molecular weight is 526 g/mol. The molecule has 38 heavy (non-hydrogen) atoms. The summed E-state index contributed by atoms with van der Waals surface area (Å²) in [5.74, 6) is -2.29. The van der Waals surface area contributed by atoms with Gasteiger partial charge < -0.3 is 20.1 Å². The van der Waals surface area contributed by atoms with Crippen LogP contribution in [0.25, 0.3) is 10.9 Å². The molecule has 0 radical (unpaired) electrons. The highest BCUT2D eigenvalue weighted by Gasteiger charge is 2.29. The van der Waals surface area contributed by atoms with Crippen molar-refractivity contribution in [1.82, 2.24) is 15.2 Å². The third-order valence-electron chi connectivity index (χ3n) is 5.63. The second kappa shape index (κ2) is 11.9. The lowest BCUT2D eigenvalue weighted by Crippen LogP contribution is -2.53. The van der Waals surface area contributed by atoms with Gasteiger partial charge in [0.05, 0.1) is 12.6 Å². The van der Waals surface area contributed by atoms with Crippen LogP contribution in [0.4, 0.5) is 9.18 Å². The maximum Gasteiger partial charge on any atom is 0.419 e. The number of nitrogens with zero attached hydrogens (tertiary/aromatic N) is 1. The zero-order valence-electron chi connectivity index (χ0n) is 22.0. The van der Waals surface area contributed by atoms with E-state index in [-0.39, 0.29) is 12.8 Å². The van der Waals surface area contributed by atoms with Gasteiger partial charge in [-0.1, -0.05) is 30.3 Å². The molecule has 0 unspecified atom stereocenters. The summed E-state index contributed by atoms with van der Waals surface area (Å²) in [6.45, 7) is 6.54. The van der Waals surface area contributed by atoms with E-state index in [0.717, 1.165) is 0 Å². The van der Waals surface area contributed by atoms with E-state index >= 15 is 0 Å². The van der Waals surface area contributed by atoms with Crippen LogP contribution >= 0.6 is 0 Å². The van der Waals surface area contributed by atoms with Gasteiger partial charge in [-0.2, -0.15) is 0 Å². The van der Waals surface area contributed by atoms with Gasteiger partial charge in [0.15, 0.2) is 0 Å². The molecule has 3 rings (SSSR count). The Hall–Kier alpha value is -4.21. The summed E-state index contributed by atoms with van der Waals surface area (Å²) in [5, 5.41) is 5.90. The van der Waals surface area contributed by atoms with Crippen molar-refractivity contribution < 1.29 is 33.0 Å². The molecule has 0 aliphatic rings. The van der Waals surface area contributed by atoms with Gasteiger partial charge in [-0.05, 0) is 50.1 Å². The summed E-state index contributed by atoms with van der Waals surface area (Å²) >= 11 is 0. The summed E-state index contributed by atoms with van der Waals surface area (Å²) in [7, 11) is 1.20. The molecule has 0 spiro atoms. The quantitative estimate of drug-likeness (QED) is 0.435. The standard InChI is InChI=1S/C28H32FN3O6/c1-17(33)30-22(14-18-9-8-10-20(29)13-18)25(34)31-23(26(35)37-5)15-19-16-32(27(36)38-28(2,3)4)24-12-7-6-11-21(19)24/h6-13,16,22-23H,14-15H2,1-5H3,(H,30,33)(H,31,34)/t22-,23-/m0/s1. The van der Waals surface area contributed by atoms with Crippen molar-refractivity contribution in [2.45, 2.75) is 58.2 Å². The number of carbonyl (C=O) groups is 4. The van der Waals surface area contributed by atoms with Crippen LogP contribution in [0.2, 0.25) is 0 Å². The van der Waals surface area contributed by atoms with Crippen LogP contribution in [0.1, 0.15) is 38.8 Å². The minimum atomic E-state index is -1.13. The van der Waals surface area contributed by atoms with Gasteiger partial charge in [-0.15, -0.1) is 0 Å². The Morgan fingerprint density at radius 1 is 0.974 bits per heavy atom. The van der Waals surface area contributed by atoms with E-state index in [9.17, 15) is 23.6 Å². The fraction of sp³-hybridized carbons (Fsp3) is 0.357. The van der Waals surface area contributed by atoms with Crippen molar-refractivity contribution in [2.24, 2.45) is 0 Å². The first-order valence-corrected chi connectivity index (χ1v) is 12.1. The molecule has 2 atom stereocenters. The van der Waals surface area contributed by atoms with Crippen LogP contribution in [0.3, 0.4) is 0 Å². The third kappa shape index (κ3) is 7.41. The molecule has 202 valence electrons. The molecule has 1 aromatic heterocycles. The molecular formula is C28H32FN3O6. The fourth-order valence-corrected chi connectivity index (χ4v) is 4.06. The number of esters is 1. The molecule has 0 aliphatic carbocycles. The van der Waals surface area contributed by atoms with Gasteiger partial charge >= 0.3 is 12.1 Å². The number of rotatable bonds is 8. The zero-order valence-corrected chi connectivity index (χ0v) is 22.0. The number of aromatic nitrogens is 1. The largest absolute Gasteiger partial charge is 0.467 e. The van der Waals surface area contributed by atoms with Crippen LogP contribution in [0, 0.1) is 5.82 Å². The predicted octanol–water partition coefficient (Wildman–Crippen LogP) is 3.51. The highest BCUT2D eigenvalue weighted by molar-refractivity contribution is 5.94. The molecule has 0 saturated carbocycles. The van der Waals surface area contributed by atoms with Crippen LogP contribution in [-0.2, 0) is 36.7 Å². The molecule has 1 heterocycles. The molecule has 0 saturated heterocycles. The lowest BCUT2D eigenvalue weighted by molar-refractivity contribution is -0.145. The molecule has 2 amide bonds. The van der Waals surface area contributed by atoms with Gasteiger partial charge in [0.25, 0.3) is 0 Å². The molecule has 3 aromatic rings. The molecule has 10 heteroatoms. The smallest absolute Gasteiger partial charge is 0.419 e. The fourth-order valence-electron chi connectivity index (χ4n) is 4.06. The third-order valence-corrected chi connectivity index (χ3v) is 5.63. The Morgan fingerprint density at radius 2 is 1.68 bits per heavy atom. The molecule has 2 N–H and O–H groups in total. The molecule has 0 bridgehead atoms. The number of nitrogens with one attached hydrogen (secondary N) is 2. The summed E-state index contributed by atoms with van der Waals surface area (Å²) in [5.41, 5.74) is 0.956. The van der Waals surface area contributed by atoms with Crippen molar-refractivity contribution in [1.29, 1.82) is 0 Å². The van der Waals surface area contributed by atoms with Crippen molar-refractivity contribution in [3.63, 3.8) is 0 Å². The SMILES string of the molecule is COC(=O)[C@H](Cc1cn(C(=O)OC(C)(C)C)c2ccccc12)NC(=O)[C@H](Cc1cccc(F)c1)NC(C)=O. The summed E-state index contributed by atoms with van der Waals surface area (Å²) in [6.07, 6.45) is 0.995. The van der Waals surface area contributed by atoms with Crippen LogP contribution < -0.4 is 10.6 Å². The van der Waals surface area contributed by atoms with E-state index in [1.807, 2.05) is 0 Å². The van der Waals surface area contributed by atoms with Crippen LogP contribution in [-0.4, -0.2) is 53.2 Å². The Kier molecular flexibility index (Phi) is 8.88. The predicted molar refractivity (Wildman–Crippen MR) is 139 cm³/mol. The molecule has 0 fully saturated rings. The van der Waals surface area contributed by atoms with Gasteiger partial charge in [-0.25, -0.2) is 14.0 Å². The first kappa shape index (κ1) is 28.4. The monoisotopic (exact) mass is 525 g/mol. The second-order valence-electron chi connectivity index (χ2n) is 9.90. The Balaban J connectivity index is 1.89. The summed E-state index contributed by atoms with van der Waals surface area (Å²) in [4.78, 5) is 50.5. The number of hydrogen-bond acceptors (Lipinski definition) is 6. The minimum Gasteiger partial charge on any atom is -0.467 e. The maximum absolute atomic E-state index is 13.7. The van der Waals surface area contributed by atoms with Gasteiger partial charge in [0.2, 0.25) is 11.8 Å². The average Bonchev–Trinajstić information content (AvgIpc) is 3.20. The van der Waals surface area contributed by atoms with Gasteiger partial charge in [0.1, 0.15) is 23.5 Å². The Labute approximate surface area is 220 Å². The van der Waals surface area contributed by atoms with Gasteiger partial charge in [-0.3, -0.25) is 14.2 Å². The number of para-hydroxylation sites is 1. The molecule has 0 aliphatic heterocycles. The summed E-state index contributed by atoms with van der Waals surface area (Å²) < 4.78 is 25.5. The highest BCUT2D eigenvalue weighted by atomic mass is 19.1. The molecule has 2 aromatic carbocycles. The van der Waals surface area contributed by atoms with E-state index in [1.54, 1.807) is 57.3 Å². The van der Waals surface area contributed by atoms with E-state index in [1.165, 1.54) is 36.8 Å². The van der Waals surface area contributed by atoms with E-state index in [0.29, 0.717) is 22.0 Å². The van der Waals surface area contributed by atoms with Crippen molar-refractivity contribution in [3.05, 3.63) is 71.7 Å². The number of ether oxygens (including phenoxy) is 2. The normalized spacial score (nSPS) is 12.9. The number of halogens is 1. The first-order valence-electron chi connectivity index (χ1n) is 12.1. The van der Waals surface area contributed by atoms with Crippen molar-refractivity contribution in [3.8, 4) is 0 Å². The Morgan fingerprint density at radius 3 is 2.32 bits per heavy atom. The van der Waals surface area contributed by atoms with Gasteiger partial charge in [0, 0.05) is 31.3 Å². The number of fused-ring (bicyclic) bond motifs is 1. The first-order chi connectivity index (χ1) is 17.9. The summed E-state index contributed by atoms with van der Waals surface area (Å²) in [6, 6.07) is 10.6. The van der Waals surface area contributed by atoms with E-state index in [4.69, 9.17) is 9.47 Å². The minimum absolute atomic E-state index is 0.00147. The highest BCUT2D eigenvalue weighted by Crippen LogP contribution is 2.24. The second-order valence-corrected chi connectivity index (χ2v) is 9.90. The van der Waals surface area contributed by atoms with Crippen molar-refractivity contribution >= 4 is 34.8 Å². The number of hydrogen-bond donors (Lipinski definition) is 2. The number of amides is 2. The van der Waals surface area contributed by atoms with E-state index in [2.05, 4.69) is 10.6 Å². The molecular weight excluding hydrogens is 493 g/mol. The topological polar surface area (TPSA) is 116 Å². The molecule has 9 nitrogen and oxygen atoms in total. The number of methoxy groups -OCH3 is 1. The van der Waals surface area contributed by atoms with E-state index < -0.39 is 47.4 Å². The lowest BCUT2D eigenvalue weighted by atomic mass is 10.0. The zero-order chi connectivity index (χ0) is 28.0. The number of carbonyl (C=O) groups excluding carboxylic acids is 4. The van der Waals surface area contributed by atoms with Crippen LogP contribution in [0.5, 0.6) is 0 Å². The Bertz CT molecular complexity index is 1340. The van der Waals surface area contributed by atoms with Crippen molar-refractivity contribution in [2.75, 3.05) is 7.11 Å². The number of benzene rings is 2.